The van der Waals surface area contributed by atoms with Crippen LogP contribution < -0.4 is 5.73 Å². The minimum Gasteiger partial charge on any atom is -0.399 e. The average Bonchev–Trinajstić information content (AvgIpc) is 2.26. The summed E-state index contributed by atoms with van der Waals surface area (Å²) in [6, 6.07) is 8.60. The van der Waals surface area contributed by atoms with E-state index in [9.17, 15) is 0 Å². The minimum atomic E-state index is 0.456. The number of nitrogens with two attached hydrogens (primary N) is 1. The molecule has 0 fully saturated rings. The molecule has 0 saturated heterocycles. The number of benzene rings is 1. The molecule has 0 aliphatic carbocycles. The van der Waals surface area contributed by atoms with Gasteiger partial charge in [0.2, 0.25) is 0 Å². The van der Waals surface area contributed by atoms with Gasteiger partial charge in [-0.1, -0.05) is 12.1 Å². The Kier molecular flexibility index (Phi) is 4.99. The molecule has 1 atom stereocenters. The van der Waals surface area contributed by atoms with Crippen LogP contribution in [0.3, 0.4) is 0 Å². The second-order valence-electron chi connectivity index (χ2n) is 3.82. The molecule has 0 aliphatic rings. The summed E-state index contributed by atoms with van der Waals surface area (Å²) in [5.74, 6) is 1.18. The first-order valence-electron chi connectivity index (χ1n) is 5.19. The Morgan fingerprint density at radius 2 is 1.93 bits per heavy atom. The molecule has 0 spiro atoms. The van der Waals surface area contributed by atoms with Crippen LogP contribution in [0.4, 0.5) is 5.69 Å². The maximum atomic E-state index is 5.67. The van der Waals surface area contributed by atoms with E-state index in [2.05, 4.69) is 37.3 Å². The van der Waals surface area contributed by atoms with E-state index in [1.165, 1.54) is 11.3 Å². The number of hydrogen-bond donors (Lipinski definition) is 1. The summed E-state index contributed by atoms with van der Waals surface area (Å²) in [5, 5.41) is 0. The lowest BCUT2D eigenvalue weighted by atomic mass is 10.1. The molecule has 0 aromatic heterocycles. The van der Waals surface area contributed by atoms with Crippen LogP contribution in [0.25, 0.3) is 0 Å². The van der Waals surface area contributed by atoms with Gasteiger partial charge >= 0.3 is 0 Å². The Bertz CT molecular complexity index is 284. The third-order valence-corrected chi connectivity index (χ3v) is 3.32. The maximum Gasteiger partial charge on any atom is 0.0317 e. The van der Waals surface area contributed by atoms with E-state index in [1.54, 1.807) is 0 Å². The first kappa shape index (κ1) is 12.4. The van der Waals surface area contributed by atoms with Crippen LogP contribution in [0.5, 0.6) is 0 Å². The van der Waals surface area contributed by atoms with Crippen LogP contribution in [0.2, 0.25) is 0 Å². The van der Waals surface area contributed by atoms with Crippen molar-refractivity contribution in [2.45, 2.75) is 13.0 Å². The minimum absolute atomic E-state index is 0.456. The highest BCUT2D eigenvalue weighted by molar-refractivity contribution is 7.98. The van der Waals surface area contributed by atoms with Crippen LogP contribution in [0.1, 0.15) is 18.5 Å². The third-order valence-electron chi connectivity index (χ3n) is 2.73. The molecule has 0 aliphatic heterocycles. The predicted octanol–water partition coefficient (Wildman–Crippen LogP) is 2.62. The molecule has 1 rings (SSSR count). The zero-order chi connectivity index (χ0) is 11.3. The summed E-state index contributed by atoms with van der Waals surface area (Å²) in [6.45, 7) is 3.35. The molecule has 2 N–H and O–H groups in total. The standard InChI is InChI=1S/C12H20N2S/c1-10(14(2)8-9-15-3)11-4-6-12(13)7-5-11/h4-7,10H,8-9,13H2,1-3H3. The van der Waals surface area contributed by atoms with Gasteiger partial charge in [-0.2, -0.15) is 11.8 Å². The average molecular weight is 224 g/mol. The van der Waals surface area contributed by atoms with E-state index >= 15 is 0 Å². The first-order valence-corrected chi connectivity index (χ1v) is 6.59. The van der Waals surface area contributed by atoms with Gasteiger partial charge < -0.3 is 5.73 Å². The summed E-state index contributed by atoms with van der Waals surface area (Å²) in [7, 11) is 2.16. The van der Waals surface area contributed by atoms with E-state index in [1.807, 2.05) is 23.9 Å². The molecule has 0 radical (unpaired) electrons. The highest BCUT2D eigenvalue weighted by Crippen LogP contribution is 2.19. The zero-order valence-corrected chi connectivity index (χ0v) is 10.6. The number of nitrogen functional groups attached to an aromatic ring is 1. The number of thioether (sulfide) groups is 1. The molecule has 0 saturated carbocycles. The Hall–Kier alpha value is -0.670. The molecular formula is C12H20N2S. The van der Waals surface area contributed by atoms with Crippen molar-refractivity contribution in [2.75, 3.05) is 31.3 Å². The van der Waals surface area contributed by atoms with Crippen LogP contribution in [-0.2, 0) is 0 Å². The molecular weight excluding hydrogens is 204 g/mol. The second-order valence-corrected chi connectivity index (χ2v) is 4.80. The number of anilines is 1. The van der Waals surface area contributed by atoms with Crippen molar-refractivity contribution < 1.29 is 0 Å². The summed E-state index contributed by atoms with van der Waals surface area (Å²) in [4.78, 5) is 2.36. The topological polar surface area (TPSA) is 29.3 Å². The van der Waals surface area contributed by atoms with E-state index < -0.39 is 0 Å². The van der Waals surface area contributed by atoms with Gasteiger partial charge in [0.25, 0.3) is 0 Å². The maximum absolute atomic E-state index is 5.67. The van der Waals surface area contributed by atoms with Gasteiger partial charge in [0.1, 0.15) is 0 Å². The molecule has 84 valence electrons. The quantitative estimate of drug-likeness (QED) is 0.780. The predicted molar refractivity (Wildman–Crippen MR) is 70.3 cm³/mol. The molecule has 1 aromatic rings. The van der Waals surface area contributed by atoms with Gasteiger partial charge in [0.05, 0.1) is 0 Å². The summed E-state index contributed by atoms with van der Waals surface area (Å²) < 4.78 is 0. The van der Waals surface area contributed by atoms with Crippen LogP contribution >= 0.6 is 11.8 Å². The highest BCUT2D eigenvalue weighted by Gasteiger charge is 2.10. The first-order chi connectivity index (χ1) is 7.15. The van der Waals surface area contributed by atoms with Crippen molar-refractivity contribution in [3.63, 3.8) is 0 Å². The lowest BCUT2D eigenvalue weighted by molar-refractivity contribution is 0.278. The summed E-state index contributed by atoms with van der Waals surface area (Å²) in [6.07, 6.45) is 2.14. The molecule has 15 heavy (non-hydrogen) atoms. The molecule has 0 bridgehead atoms. The van der Waals surface area contributed by atoms with Gasteiger partial charge in [-0.05, 0) is 37.9 Å². The summed E-state index contributed by atoms with van der Waals surface area (Å²) in [5.41, 5.74) is 7.82. The van der Waals surface area contributed by atoms with Crippen LogP contribution in [0, 0.1) is 0 Å². The van der Waals surface area contributed by atoms with Gasteiger partial charge in [0, 0.05) is 24.0 Å². The van der Waals surface area contributed by atoms with Gasteiger partial charge in [-0.15, -0.1) is 0 Å². The Labute approximate surface area is 96.8 Å². The fraction of sp³-hybridized carbons (Fsp3) is 0.500. The Morgan fingerprint density at radius 3 is 2.47 bits per heavy atom. The SMILES string of the molecule is CSCCN(C)C(C)c1ccc(N)cc1. The zero-order valence-electron chi connectivity index (χ0n) is 9.73. The fourth-order valence-corrected chi connectivity index (χ4v) is 1.93. The van der Waals surface area contributed by atoms with E-state index in [0.717, 1.165) is 12.2 Å². The van der Waals surface area contributed by atoms with Crippen molar-refractivity contribution >= 4 is 17.4 Å². The molecule has 2 nitrogen and oxygen atoms in total. The van der Waals surface area contributed by atoms with Crippen molar-refractivity contribution in [1.82, 2.24) is 4.90 Å². The molecule has 1 aromatic carbocycles. The lowest BCUT2D eigenvalue weighted by Gasteiger charge is -2.24. The van der Waals surface area contributed by atoms with Crippen molar-refractivity contribution in [3.05, 3.63) is 29.8 Å². The van der Waals surface area contributed by atoms with Gasteiger partial charge in [-0.25, -0.2) is 0 Å². The monoisotopic (exact) mass is 224 g/mol. The second kappa shape index (κ2) is 6.03. The van der Waals surface area contributed by atoms with E-state index in [4.69, 9.17) is 5.73 Å². The summed E-state index contributed by atoms with van der Waals surface area (Å²) >= 11 is 1.88. The largest absolute Gasteiger partial charge is 0.399 e. The Morgan fingerprint density at radius 1 is 1.33 bits per heavy atom. The van der Waals surface area contributed by atoms with E-state index in [0.29, 0.717) is 6.04 Å². The highest BCUT2D eigenvalue weighted by atomic mass is 32.2. The Balaban J connectivity index is 2.59. The van der Waals surface area contributed by atoms with Crippen molar-refractivity contribution in [1.29, 1.82) is 0 Å². The normalized spacial score (nSPS) is 13.1. The van der Waals surface area contributed by atoms with Crippen LogP contribution in [0.15, 0.2) is 24.3 Å². The fourth-order valence-electron chi connectivity index (χ4n) is 1.46. The van der Waals surface area contributed by atoms with Crippen molar-refractivity contribution in [3.8, 4) is 0 Å². The number of rotatable bonds is 5. The van der Waals surface area contributed by atoms with Gasteiger partial charge in [0.15, 0.2) is 0 Å². The third kappa shape index (κ3) is 3.76. The lowest BCUT2D eigenvalue weighted by Crippen LogP contribution is -2.24. The van der Waals surface area contributed by atoms with Gasteiger partial charge in [-0.3, -0.25) is 4.90 Å². The van der Waals surface area contributed by atoms with E-state index in [-0.39, 0.29) is 0 Å². The molecule has 3 heteroatoms. The number of nitrogens with zero attached hydrogens (tertiary/aromatic N) is 1. The molecule has 0 amide bonds. The van der Waals surface area contributed by atoms with Crippen molar-refractivity contribution in [2.24, 2.45) is 0 Å². The molecule has 0 heterocycles. The smallest absolute Gasteiger partial charge is 0.0317 e. The number of hydrogen-bond acceptors (Lipinski definition) is 3. The molecule has 1 unspecified atom stereocenters. The van der Waals surface area contributed by atoms with Crippen LogP contribution in [-0.4, -0.2) is 30.5 Å².